The molecule has 5 nitrogen and oxygen atoms in total. The average Bonchev–Trinajstić information content (AvgIpc) is 2.93. The molecule has 1 aromatic rings. The number of sulfonamides is 1. The van der Waals surface area contributed by atoms with Gasteiger partial charge in [0.25, 0.3) is 0 Å². The Morgan fingerprint density at radius 3 is 2.72 bits per heavy atom. The first-order valence-corrected chi connectivity index (χ1v) is 7.87. The SMILES string of the molecule is CCCC1(CNS(=O)(=O)c2c[nH]c(CN)c2)CC1. The molecular formula is C12H21N3O2S. The van der Waals surface area contributed by atoms with Crippen molar-refractivity contribution in [2.24, 2.45) is 11.1 Å². The molecule has 0 atom stereocenters. The smallest absolute Gasteiger partial charge is 0.242 e. The van der Waals surface area contributed by atoms with Crippen molar-refractivity contribution in [3.8, 4) is 0 Å². The number of hydrogen-bond donors (Lipinski definition) is 3. The first-order valence-electron chi connectivity index (χ1n) is 6.38. The highest BCUT2D eigenvalue weighted by Gasteiger charge is 2.42. The molecule has 0 aliphatic heterocycles. The lowest BCUT2D eigenvalue weighted by Gasteiger charge is -2.14. The lowest BCUT2D eigenvalue weighted by molar-refractivity contribution is 0.449. The van der Waals surface area contributed by atoms with Crippen LogP contribution in [0.2, 0.25) is 0 Å². The second-order valence-corrected chi connectivity index (χ2v) is 6.91. The van der Waals surface area contributed by atoms with E-state index in [4.69, 9.17) is 5.73 Å². The van der Waals surface area contributed by atoms with E-state index in [1.165, 1.54) is 6.20 Å². The minimum absolute atomic E-state index is 0.217. The summed E-state index contributed by atoms with van der Waals surface area (Å²) in [6.07, 6.45) is 5.94. The Kier molecular flexibility index (Phi) is 3.79. The van der Waals surface area contributed by atoms with E-state index in [9.17, 15) is 8.42 Å². The molecule has 0 spiro atoms. The Morgan fingerprint density at radius 2 is 2.22 bits per heavy atom. The minimum Gasteiger partial charge on any atom is -0.363 e. The van der Waals surface area contributed by atoms with Gasteiger partial charge in [0, 0.05) is 25.0 Å². The second kappa shape index (κ2) is 5.03. The van der Waals surface area contributed by atoms with Gasteiger partial charge >= 0.3 is 0 Å². The van der Waals surface area contributed by atoms with Gasteiger partial charge in [0.1, 0.15) is 0 Å². The zero-order valence-corrected chi connectivity index (χ0v) is 11.5. The molecule has 6 heteroatoms. The van der Waals surface area contributed by atoms with Crippen LogP contribution in [0.3, 0.4) is 0 Å². The zero-order valence-electron chi connectivity index (χ0n) is 10.7. The van der Waals surface area contributed by atoms with E-state index in [2.05, 4.69) is 16.6 Å². The third kappa shape index (κ3) is 2.93. The van der Waals surface area contributed by atoms with E-state index in [0.29, 0.717) is 13.1 Å². The monoisotopic (exact) mass is 271 g/mol. The number of hydrogen-bond acceptors (Lipinski definition) is 3. The summed E-state index contributed by atoms with van der Waals surface area (Å²) in [5.41, 5.74) is 6.40. The summed E-state index contributed by atoms with van der Waals surface area (Å²) in [4.78, 5) is 3.13. The molecule has 1 saturated carbocycles. The molecule has 0 bridgehead atoms. The molecule has 1 aliphatic carbocycles. The molecule has 1 fully saturated rings. The van der Waals surface area contributed by atoms with E-state index in [1.54, 1.807) is 6.07 Å². The van der Waals surface area contributed by atoms with Gasteiger partial charge in [-0.2, -0.15) is 0 Å². The van der Waals surface area contributed by atoms with Crippen LogP contribution in [0, 0.1) is 5.41 Å². The van der Waals surface area contributed by atoms with Crippen molar-refractivity contribution in [3.05, 3.63) is 18.0 Å². The molecule has 4 N–H and O–H groups in total. The maximum Gasteiger partial charge on any atom is 0.242 e. The van der Waals surface area contributed by atoms with Crippen molar-refractivity contribution in [3.63, 3.8) is 0 Å². The highest BCUT2D eigenvalue weighted by Crippen LogP contribution is 2.49. The third-order valence-electron chi connectivity index (χ3n) is 3.62. The van der Waals surface area contributed by atoms with Gasteiger partial charge in [-0.1, -0.05) is 13.3 Å². The first kappa shape index (κ1) is 13.6. The molecule has 0 radical (unpaired) electrons. The van der Waals surface area contributed by atoms with Gasteiger partial charge in [-0.25, -0.2) is 13.1 Å². The van der Waals surface area contributed by atoms with E-state index in [1.807, 2.05) is 0 Å². The molecule has 1 aromatic heterocycles. The lowest BCUT2D eigenvalue weighted by atomic mass is 10.0. The van der Waals surface area contributed by atoms with Crippen LogP contribution in [0.25, 0.3) is 0 Å². The van der Waals surface area contributed by atoms with Gasteiger partial charge in [0.2, 0.25) is 10.0 Å². The Balaban J connectivity index is 1.99. The van der Waals surface area contributed by atoms with E-state index < -0.39 is 10.0 Å². The molecule has 0 saturated heterocycles. The number of nitrogens with two attached hydrogens (primary N) is 1. The van der Waals surface area contributed by atoms with Crippen molar-refractivity contribution in [2.45, 2.75) is 44.0 Å². The topological polar surface area (TPSA) is 88.0 Å². The molecule has 1 aliphatic rings. The average molecular weight is 271 g/mol. The van der Waals surface area contributed by atoms with E-state index in [0.717, 1.165) is 31.4 Å². The number of rotatable bonds is 7. The van der Waals surface area contributed by atoms with Crippen molar-refractivity contribution >= 4 is 10.0 Å². The van der Waals surface area contributed by atoms with Crippen molar-refractivity contribution in [1.82, 2.24) is 9.71 Å². The van der Waals surface area contributed by atoms with Gasteiger partial charge < -0.3 is 10.7 Å². The summed E-state index contributed by atoms with van der Waals surface area (Å²) < 4.78 is 26.8. The number of H-pyrrole nitrogens is 1. The maximum atomic E-state index is 12.1. The minimum atomic E-state index is -3.40. The second-order valence-electron chi connectivity index (χ2n) is 5.14. The molecule has 18 heavy (non-hydrogen) atoms. The Hall–Kier alpha value is -0.850. The van der Waals surface area contributed by atoms with Gasteiger partial charge in [-0.15, -0.1) is 0 Å². The fourth-order valence-electron chi connectivity index (χ4n) is 2.25. The predicted octanol–water partition coefficient (Wildman–Crippen LogP) is 1.33. The Labute approximate surface area is 108 Å². The molecule has 102 valence electrons. The number of nitrogens with one attached hydrogen (secondary N) is 2. The summed E-state index contributed by atoms with van der Waals surface area (Å²) in [7, 11) is -3.40. The van der Waals surface area contributed by atoms with Crippen molar-refractivity contribution < 1.29 is 8.42 Å². The van der Waals surface area contributed by atoms with Crippen LogP contribution in [0.5, 0.6) is 0 Å². The van der Waals surface area contributed by atoms with E-state index in [-0.39, 0.29) is 10.3 Å². The van der Waals surface area contributed by atoms with Crippen LogP contribution in [-0.4, -0.2) is 19.9 Å². The van der Waals surface area contributed by atoms with Crippen molar-refractivity contribution in [2.75, 3.05) is 6.54 Å². The largest absolute Gasteiger partial charge is 0.363 e. The van der Waals surface area contributed by atoms with Crippen LogP contribution in [-0.2, 0) is 16.6 Å². The lowest BCUT2D eigenvalue weighted by Crippen LogP contribution is -2.30. The summed E-state index contributed by atoms with van der Waals surface area (Å²) in [6.45, 7) is 3.00. The Morgan fingerprint density at radius 1 is 1.50 bits per heavy atom. The van der Waals surface area contributed by atoms with Gasteiger partial charge in [-0.05, 0) is 30.7 Å². The maximum absolute atomic E-state index is 12.1. The summed E-state index contributed by atoms with van der Waals surface area (Å²) in [5.74, 6) is 0. The van der Waals surface area contributed by atoms with Gasteiger partial charge in [-0.3, -0.25) is 0 Å². The standard InChI is InChI=1S/C12H21N3O2S/c1-2-3-12(4-5-12)9-15-18(16,17)11-6-10(7-13)14-8-11/h6,8,14-15H,2-5,7,9,13H2,1H3. The van der Waals surface area contributed by atoms with Crippen molar-refractivity contribution in [1.29, 1.82) is 0 Å². The fraction of sp³-hybridized carbons (Fsp3) is 0.667. The molecule has 1 heterocycles. The van der Waals surface area contributed by atoms with Crippen LogP contribution in [0.1, 0.15) is 38.3 Å². The normalized spacial score (nSPS) is 17.9. The zero-order chi connectivity index (χ0) is 13.2. The quantitative estimate of drug-likeness (QED) is 0.699. The highest BCUT2D eigenvalue weighted by atomic mass is 32.2. The predicted molar refractivity (Wildman–Crippen MR) is 70.4 cm³/mol. The molecular weight excluding hydrogens is 250 g/mol. The van der Waals surface area contributed by atoms with Crippen LogP contribution < -0.4 is 10.5 Å². The summed E-state index contributed by atoms with van der Waals surface area (Å²) >= 11 is 0. The Bertz CT molecular complexity index is 503. The fourth-order valence-corrected chi connectivity index (χ4v) is 3.42. The van der Waals surface area contributed by atoms with Crippen LogP contribution in [0.4, 0.5) is 0 Å². The molecule has 2 rings (SSSR count). The third-order valence-corrected chi connectivity index (χ3v) is 5.00. The molecule has 0 aromatic carbocycles. The highest BCUT2D eigenvalue weighted by molar-refractivity contribution is 7.89. The van der Waals surface area contributed by atoms with Gasteiger partial charge in [0.15, 0.2) is 0 Å². The molecule has 0 unspecified atom stereocenters. The number of aromatic nitrogens is 1. The van der Waals surface area contributed by atoms with Gasteiger partial charge in [0.05, 0.1) is 4.90 Å². The summed E-state index contributed by atoms with van der Waals surface area (Å²) in [5, 5.41) is 0. The van der Waals surface area contributed by atoms with Crippen LogP contribution in [0.15, 0.2) is 17.2 Å². The van der Waals surface area contributed by atoms with Crippen LogP contribution >= 0.6 is 0 Å². The number of aromatic amines is 1. The first-order chi connectivity index (χ1) is 8.51. The molecule has 0 amide bonds. The van der Waals surface area contributed by atoms with E-state index >= 15 is 0 Å². The summed E-state index contributed by atoms with van der Waals surface area (Å²) in [6, 6.07) is 1.59.